The van der Waals surface area contributed by atoms with Gasteiger partial charge >= 0.3 is 0 Å². The molecule has 0 aliphatic carbocycles. The number of nitrogens with one attached hydrogen (secondary N) is 3. The molecule has 0 bridgehead atoms. The summed E-state index contributed by atoms with van der Waals surface area (Å²) in [4.78, 5) is 37.2. The van der Waals surface area contributed by atoms with Crippen molar-refractivity contribution in [3.05, 3.63) is 71.2 Å². The summed E-state index contributed by atoms with van der Waals surface area (Å²) in [6.07, 6.45) is 1.35. The summed E-state index contributed by atoms with van der Waals surface area (Å²) in [7, 11) is 0. The molecule has 2 heterocycles. The first kappa shape index (κ1) is 19.3. The summed E-state index contributed by atoms with van der Waals surface area (Å²) in [5, 5.41) is 2.45. The van der Waals surface area contributed by atoms with Crippen molar-refractivity contribution < 1.29 is 23.2 Å². The quantitative estimate of drug-likeness (QED) is 0.572. The van der Waals surface area contributed by atoms with Crippen LogP contribution in [0.2, 0.25) is 0 Å². The predicted molar refractivity (Wildman–Crippen MR) is 101 cm³/mol. The van der Waals surface area contributed by atoms with E-state index in [0.29, 0.717) is 4.88 Å². The smallest absolute Gasteiger partial charge is 0.287 e. The first-order chi connectivity index (χ1) is 13.4. The van der Waals surface area contributed by atoms with Gasteiger partial charge in [-0.25, -0.2) is 4.39 Å². The Labute approximate surface area is 163 Å². The van der Waals surface area contributed by atoms with E-state index in [4.69, 9.17) is 4.42 Å². The first-order valence-corrected chi connectivity index (χ1v) is 9.06. The van der Waals surface area contributed by atoms with Crippen molar-refractivity contribution >= 4 is 29.1 Å². The minimum atomic E-state index is -0.893. The van der Waals surface area contributed by atoms with E-state index in [2.05, 4.69) is 16.2 Å². The van der Waals surface area contributed by atoms with Crippen LogP contribution < -0.4 is 16.2 Å². The lowest BCUT2D eigenvalue weighted by molar-refractivity contribution is -0.123. The van der Waals surface area contributed by atoms with Crippen LogP contribution in [-0.4, -0.2) is 23.8 Å². The number of hydrazine groups is 1. The van der Waals surface area contributed by atoms with Crippen LogP contribution >= 0.6 is 11.3 Å². The summed E-state index contributed by atoms with van der Waals surface area (Å²) in [5.41, 5.74) is 5.34. The largest absolute Gasteiger partial charge is 0.459 e. The predicted octanol–water partition coefficient (Wildman–Crippen LogP) is 2.73. The van der Waals surface area contributed by atoms with Crippen molar-refractivity contribution in [3.63, 3.8) is 0 Å². The molecule has 144 valence electrons. The van der Waals surface area contributed by atoms with Gasteiger partial charge in [0, 0.05) is 4.88 Å². The van der Waals surface area contributed by atoms with Crippen molar-refractivity contribution in [1.29, 1.82) is 0 Å². The molecule has 3 amide bonds. The van der Waals surface area contributed by atoms with Crippen molar-refractivity contribution in [2.45, 2.75) is 13.0 Å². The van der Waals surface area contributed by atoms with Crippen LogP contribution in [0, 0.1) is 5.82 Å². The van der Waals surface area contributed by atoms with Crippen LogP contribution in [0.3, 0.4) is 0 Å². The summed E-state index contributed by atoms with van der Waals surface area (Å²) < 4.78 is 17.9. The number of carbonyl (C=O) groups is 3. The summed E-state index contributed by atoms with van der Waals surface area (Å²) in [6, 6.07) is 11.4. The maximum absolute atomic E-state index is 13.0. The van der Waals surface area contributed by atoms with Gasteiger partial charge in [0.05, 0.1) is 11.1 Å². The second-order valence-corrected chi connectivity index (χ2v) is 6.87. The molecule has 0 fully saturated rings. The minimum Gasteiger partial charge on any atom is -0.459 e. The third-order valence-corrected chi connectivity index (χ3v) is 4.88. The van der Waals surface area contributed by atoms with Crippen LogP contribution in [-0.2, 0) is 4.79 Å². The number of hydrogen-bond donors (Lipinski definition) is 3. The Bertz CT molecular complexity index is 983. The van der Waals surface area contributed by atoms with E-state index in [1.165, 1.54) is 42.7 Å². The van der Waals surface area contributed by atoms with Gasteiger partial charge in [-0.1, -0.05) is 12.1 Å². The lowest BCUT2D eigenvalue weighted by Crippen LogP contribution is -2.50. The number of halogens is 1. The highest BCUT2D eigenvalue weighted by molar-refractivity contribution is 7.17. The maximum Gasteiger partial charge on any atom is 0.287 e. The van der Waals surface area contributed by atoms with Gasteiger partial charge in [-0.05, 0) is 48.9 Å². The van der Waals surface area contributed by atoms with Gasteiger partial charge in [0.1, 0.15) is 11.9 Å². The fraction of sp³-hybridized carbons (Fsp3) is 0.105. The lowest BCUT2D eigenvalue weighted by atomic mass is 10.2. The third-order valence-electron chi connectivity index (χ3n) is 3.74. The van der Waals surface area contributed by atoms with Crippen molar-refractivity contribution in [2.24, 2.45) is 0 Å². The molecular weight excluding hydrogens is 385 g/mol. The van der Waals surface area contributed by atoms with Crippen LogP contribution in [0.5, 0.6) is 0 Å². The van der Waals surface area contributed by atoms with E-state index < -0.39 is 23.8 Å². The van der Waals surface area contributed by atoms with E-state index in [1.807, 2.05) is 0 Å². The van der Waals surface area contributed by atoms with Crippen LogP contribution in [0.25, 0.3) is 10.4 Å². The van der Waals surface area contributed by atoms with Gasteiger partial charge < -0.3 is 9.73 Å². The molecule has 28 heavy (non-hydrogen) atoms. The summed E-state index contributed by atoms with van der Waals surface area (Å²) in [5.74, 6) is -1.90. The van der Waals surface area contributed by atoms with E-state index in [0.717, 1.165) is 10.4 Å². The average molecular weight is 401 g/mol. The molecule has 0 saturated heterocycles. The molecule has 0 radical (unpaired) electrons. The van der Waals surface area contributed by atoms with Crippen LogP contribution in [0.1, 0.15) is 27.2 Å². The van der Waals surface area contributed by atoms with Gasteiger partial charge in [-0.2, -0.15) is 0 Å². The monoisotopic (exact) mass is 401 g/mol. The van der Waals surface area contributed by atoms with E-state index in [1.54, 1.807) is 30.3 Å². The second kappa shape index (κ2) is 8.49. The normalized spacial score (nSPS) is 11.5. The number of rotatable bonds is 5. The molecule has 1 atom stereocenters. The Hall–Kier alpha value is -3.46. The van der Waals surface area contributed by atoms with E-state index >= 15 is 0 Å². The Morgan fingerprint density at radius 1 is 1.00 bits per heavy atom. The molecule has 0 spiro atoms. The number of hydrogen-bond acceptors (Lipinski definition) is 5. The van der Waals surface area contributed by atoms with Gasteiger partial charge in [0.25, 0.3) is 17.7 Å². The Kier molecular flexibility index (Phi) is 5.85. The summed E-state index contributed by atoms with van der Waals surface area (Å²) >= 11 is 1.20. The maximum atomic E-state index is 13.0. The standard InChI is InChI=1S/C19H16FN3O4S/c1-11(21-18(25)14-3-2-10-27-14)17(24)22-23-19(26)16-9-8-15(28-16)12-4-6-13(20)7-5-12/h2-11H,1H3,(H,21,25)(H,22,24)(H,23,26)/t11-/m1/s1. The van der Waals surface area contributed by atoms with E-state index in [-0.39, 0.29) is 11.6 Å². The van der Waals surface area contributed by atoms with Crippen molar-refractivity contribution in [1.82, 2.24) is 16.2 Å². The molecule has 3 aromatic rings. The fourth-order valence-corrected chi connectivity index (χ4v) is 3.17. The molecular formula is C19H16FN3O4S. The Morgan fingerprint density at radius 2 is 1.75 bits per heavy atom. The Morgan fingerprint density at radius 3 is 2.43 bits per heavy atom. The van der Waals surface area contributed by atoms with Gasteiger partial charge in [-0.15, -0.1) is 11.3 Å². The lowest BCUT2D eigenvalue weighted by Gasteiger charge is -2.13. The SMILES string of the molecule is C[C@@H](NC(=O)c1ccco1)C(=O)NNC(=O)c1ccc(-c2ccc(F)cc2)s1. The molecule has 2 aromatic heterocycles. The highest BCUT2D eigenvalue weighted by Gasteiger charge is 2.19. The number of thiophene rings is 1. The number of amides is 3. The molecule has 0 saturated carbocycles. The molecule has 3 rings (SSSR count). The highest BCUT2D eigenvalue weighted by atomic mass is 32.1. The molecule has 7 nitrogen and oxygen atoms in total. The van der Waals surface area contributed by atoms with Gasteiger partial charge in [-0.3, -0.25) is 25.2 Å². The van der Waals surface area contributed by atoms with Crippen molar-refractivity contribution in [2.75, 3.05) is 0 Å². The molecule has 3 N–H and O–H groups in total. The molecule has 0 aliphatic rings. The Balaban J connectivity index is 1.53. The molecule has 0 aliphatic heterocycles. The fourth-order valence-electron chi connectivity index (χ4n) is 2.26. The molecule has 1 aromatic carbocycles. The zero-order chi connectivity index (χ0) is 20.1. The minimum absolute atomic E-state index is 0.0793. The number of carbonyl (C=O) groups excluding carboxylic acids is 3. The van der Waals surface area contributed by atoms with Crippen LogP contribution in [0.15, 0.2) is 59.2 Å². The van der Waals surface area contributed by atoms with Gasteiger partial charge in [0.15, 0.2) is 5.76 Å². The topological polar surface area (TPSA) is 100 Å². The third kappa shape index (κ3) is 4.63. The second-order valence-electron chi connectivity index (χ2n) is 5.79. The number of furan rings is 1. The molecule has 9 heteroatoms. The van der Waals surface area contributed by atoms with Crippen LogP contribution in [0.4, 0.5) is 4.39 Å². The van der Waals surface area contributed by atoms with Crippen molar-refractivity contribution in [3.8, 4) is 10.4 Å². The zero-order valence-electron chi connectivity index (χ0n) is 14.7. The zero-order valence-corrected chi connectivity index (χ0v) is 15.5. The highest BCUT2D eigenvalue weighted by Crippen LogP contribution is 2.28. The first-order valence-electron chi connectivity index (χ1n) is 8.24. The number of benzene rings is 1. The summed E-state index contributed by atoms with van der Waals surface area (Å²) in [6.45, 7) is 1.47. The molecule has 0 unspecified atom stereocenters. The van der Waals surface area contributed by atoms with Gasteiger partial charge in [0.2, 0.25) is 0 Å². The van der Waals surface area contributed by atoms with E-state index in [9.17, 15) is 18.8 Å². The average Bonchev–Trinajstić information content (AvgIpc) is 3.38.